The van der Waals surface area contributed by atoms with Crippen LogP contribution in [0.25, 0.3) is 6.08 Å². The van der Waals surface area contributed by atoms with Crippen LogP contribution < -0.4 is 10.6 Å². The summed E-state index contributed by atoms with van der Waals surface area (Å²) in [6.07, 6.45) is 6.26. The molecule has 2 amide bonds. The highest BCUT2D eigenvalue weighted by Gasteiger charge is 2.20. The van der Waals surface area contributed by atoms with Crippen LogP contribution in [0, 0.1) is 6.92 Å². The fourth-order valence-corrected chi connectivity index (χ4v) is 3.10. The summed E-state index contributed by atoms with van der Waals surface area (Å²) < 4.78 is 3.22. The molecule has 0 fully saturated rings. The number of hydrogen-bond acceptors (Lipinski definition) is 4. The Balaban J connectivity index is 1.74. The Hall–Kier alpha value is -3.68. The zero-order valence-corrected chi connectivity index (χ0v) is 18.5. The molecular weight excluding hydrogens is 392 g/mol. The molecule has 0 spiro atoms. The Labute approximate surface area is 182 Å². The normalized spacial score (nSPS) is 11.3. The summed E-state index contributed by atoms with van der Waals surface area (Å²) >= 11 is 0. The van der Waals surface area contributed by atoms with Crippen molar-refractivity contribution < 1.29 is 9.59 Å². The molecule has 0 unspecified atom stereocenters. The fraction of sp³-hybridized carbons (Fsp3) is 0.304. The van der Waals surface area contributed by atoms with Gasteiger partial charge < -0.3 is 10.6 Å². The summed E-state index contributed by atoms with van der Waals surface area (Å²) in [5.41, 5.74) is 4.24. The maximum absolute atomic E-state index is 12.9. The number of nitrogens with zero attached hydrogens (tertiary/aromatic N) is 4. The molecule has 3 aromatic rings. The number of anilines is 2. The summed E-state index contributed by atoms with van der Waals surface area (Å²) in [5.74, 6) is -0.245. The molecule has 2 heterocycles. The molecule has 31 heavy (non-hydrogen) atoms. The number of carbonyl (C=O) groups excluding carboxylic acids is 2. The number of aryl methyl sites for hydroxylation is 2. The van der Waals surface area contributed by atoms with Crippen LogP contribution in [0.3, 0.4) is 0 Å². The molecule has 2 N–H and O–H groups in total. The van der Waals surface area contributed by atoms with E-state index in [1.54, 1.807) is 28.7 Å². The molecule has 0 radical (unpaired) electrons. The van der Waals surface area contributed by atoms with Crippen molar-refractivity contribution in [2.75, 3.05) is 10.6 Å². The van der Waals surface area contributed by atoms with E-state index in [2.05, 4.69) is 46.8 Å². The van der Waals surface area contributed by atoms with Crippen molar-refractivity contribution in [2.24, 2.45) is 7.05 Å². The van der Waals surface area contributed by atoms with Crippen molar-refractivity contribution in [3.63, 3.8) is 0 Å². The molecule has 0 aliphatic rings. The average Bonchev–Trinajstić information content (AvgIpc) is 3.30. The molecule has 3 rings (SSSR count). The molecule has 162 valence electrons. The van der Waals surface area contributed by atoms with Crippen molar-refractivity contribution >= 4 is 29.3 Å². The Morgan fingerprint density at radius 2 is 1.74 bits per heavy atom. The van der Waals surface area contributed by atoms with Gasteiger partial charge in [0.1, 0.15) is 5.69 Å². The molecule has 8 nitrogen and oxygen atoms in total. The lowest BCUT2D eigenvalue weighted by Gasteiger charge is -2.09. The minimum Gasteiger partial charge on any atom is -0.319 e. The molecular formula is C23H28N6O2. The summed E-state index contributed by atoms with van der Waals surface area (Å²) in [6.45, 7) is 8.51. The topological polar surface area (TPSA) is 93.8 Å². The van der Waals surface area contributed by atoms with Crippen LogP contribution in [0.4, 0.5) is 11.4 Å². The Kier molecular flexibility index (Phi) is 6.69. The molecule has 0 aliphatic heterocycles. The summed E-state index contributed by atoms with van der Waals surface area (Å²) in [5, 5.41) is 14.0. The van der Waals surface area contributed by atoms with Crippen LogP contribution in [-0.2, 0) is 18.4 Å². The van der Waals surface area contributed by atoms with Gasteiger partial charge in [-0.3, -0.25) is 19.0 Å². The van der Waals surface area contributed by atoms with Gasteiger partial charge in [0.15, 0.2) is 0 Å². The lowest BCUT2D eigenvalue weighted by atomic mass is 10.0. The van der Waals surface area contributed by atoms with Crippen LogP contribution in [0.5, 0.6) is 0 Å². The largest absolute Gasteiger partial charge is 0.319 e. The van der Waals surface area contributed by atoms with E-state index in [9.17, 15) is 9.59 Å². The molecule has 8 heteroatoms. The van der Waals surface area contributed by atoms with Gasteiger partial charge in [-0.25, -0.2) is 0 Å². The first-order valence-electron chi connectivity index (χ1n) is 10.2. The number of rotatable bonds is 7. The Morgan fingerprint density at radius 3 is 2.32 bits per heavy atom. The first-order chi connectivity index (χ1) is 14.8. The second-order valence-corrected chi connectivity index (χ2v) is 7.59. The number of amides is 2. The minimum absolute atomic E-state index is 0.286. The zero-order valence-electron chi connectivity index (χ0n) is 18.5. The first kappa shape index (κ1) is 22.0. The van der Waals surface area contributed by atoms with Gasteiger partial charge in [0.25, 0.3) is 5.91 Å². The number of benzene rings is 1. The van der Waals surface area contributed by atoms with Crippen molar-refractivity contribution in [3.05, 3.63) is 65.2 Å². The van der Waals surface area contributed by atoms with E-state index in [0.29, 0.717) is 23.8 Å². The maximum atomic E-state index is 12.9. The van der Waals surface area contributed by atoms with E-state index in [1.807, 2.05) is 26.0 Å². The maximum Gasteiger partial charge on any atom is 0.276 e. The number of nitrogens with one attached hydrogen (secondary N) is 2. The van der Waals surface area contributed by atoms with Gasteiger partial charge in [0.2, 0.25) is 5.91 Å². The van der Waals surface area contributed by atoms with Crippen LogP contribution in [-0.4, -0.2) is 31.4 Å². The highest BCUT2D eigenvalue weighted by molar-refractivity contribution is 6.10. The molecule has 0 bridgehead atoms. The SMILES string of the molecule is CCn1ncc(NC(=O)/C=C/c2ccc(C(C)C)cc2)c1C(=O)Nc1cnn(C)c1C. The van der Waals surface area contributed by atoms with Crippen LogP contribution in [0.1, 0.15) is 54.0 Å². The molecule has 2 aromatic heterocycles. The Bertz CT molecular complexity index is 1110. The van der Waals surface area contributed by atoms with E-state index in [-0.39, 0.29) is 17.5 Å². The van der Waals surface area contributed by atoms with Crippen LogP contribution in [0.15, 0.2) is 42.7 Å². The monoisotopic (exact) mass is 420 g/mol. The lowest BCUT2D eigenvalue weighted by Crippen LogP contribution is -2.20. The summed E-state index contributed by atoms with van der Waals surface area (Å²) in [4.78, 5) is 25.4. The van der Waals surface area contributed by atoms with Gasteiger partial charge in [-0.1, -0.05) is 38.1 Å². The highest BCUT2D eigenvalue weighted by Crippen LogP contribution is 2.20. The zero-order chi connectivity index (χ0) is 22.5. The van der Waals surface area contributed by atoms with Gasteiger partial charge in [-0.05, 0) is 37.0 Å². The molecule has 0 aliphatic carbocycles. The van der Waals surface area contributed by atoms with Gasteiger partial charge >= 0.3 is 0 Å². The third-order valence-corrected chi connectivity index (χ3v) is 5.13. The predicted molar refractivity (Wildman–Crippen MR) is 122 cm³/mol. The van der Waals surface area contributed by atoms with Crippen molar-refractivity contribution in [3.8, 4) is 0 Å². The molecule has 0 saturated heterocycles. The number of carbonyl (C=O) groups is 2. The van der Waals surface area contributed by atoms with E-state index in [0.717, 1.165) is 11.3 Å². The quantitative estimate of drug-likeness (QED) is 0.566. The third kappa shape index (κ3) is 5.09. The molecule has 0 atom stereocenters. The molecule has 0 saturated carbocycles. The second kappa shape index (κ2) is 9.42. The molecule has 1 aromatic carbocycles. The van der Waals surface area contributed by atoms with E-state index < -0.39 is 0 Å². The average molecular weight is 421 g/mol. The lowest BCUT2D eigenvalue weighted by molar-refractivity contribution is -0.111. The van der Waals surface area contributed by atoms with Crippen molar-refractivity contribution in [2.45, 2.75) is 40.2 Å². The third-order valence-electron chi connectivity index (χ3n) is 5.13. The second-order valence-electron chi connectivity index (χ2n) is 7.59. The van der Waals surface area contributed by atoms with Gasteiger partial charge in [0.05, 0.1) is 29.5 Å². The number of hydrogen-bond donors (Lipinski definition) is 2. The van der Waals surface area contributed by atoms with Crippen LogP contribution in [0.2, 0.25) is 0 Å². The smallest absolute Gasteiger partial charge is 0.276 e. The Morgan fingerprint density at radius 1 is 1.06 bits per heavy atom. The van der Waals surface area contributed by atoms with Gasteiger partial charge in [-0.2, -0.15) is 10.2 Å². The van der Waals surface area contributed by atoms with Gasteiger partial charge in [0, 0.05) is 19.7 Å². The van der Waals surface area contributed by atoms with Crippen molar-refractivity contribution in [1.29, 1.82) is 0 Å². The van der Waals surface area contributed by atoms with E-state index in [4.69, 9.17) is 0 Å². The van der Waals surface area contributed by atoms with E-state index >= 15 is 0 Å². The summed E-state index contributed by atoms with van der Waals surface area (Å²) in [7, 11) is 1.80. The van der Waals surface area contributed by atoms with Crippen LogP contribution >= 0.6 is 0 Å². The first-order valence-corrected chi connectivity index (χ1v) is 10.2. The van der Waals surface area contributed by atoms with Gasteiger partial charge in [-0.15, -0.1) is 0 Å². The minimum atomic E-state index is -0.362. The number of aromatic nitrogens is 4. The van der Waals surface area contributed by atoms with E-state index in [1.165, 1.54) is 17.8 Å². The predicted octanol–water partition coefficient (Wildman–Crippen LogP) is 3.97. The summed E-state index contributed by atoms with van der Waals surface area (Å²) in [6, 6.07) is 8.06. The standard InChI is InChI=1S/C23H28N6O2/c1-6-29-22(23(31)27-19-13-24-28(5)16(19)4)20(14-25-29)26-21(30)12-9-17-7-10-18(11-8-17)15(2)3/h7-15H,6H2,1-5H3,(H,26,30)(H,27,31)/b12-9+. The highest BCUT2D eigenvalue weighted by atomic mass is 16.2. The fourth-order valence-electron chi connectivity index (χ4n) is 3.10. The van der Waals surface area contributed by atoms with Crippen molar-refractivity contribution in [1.82, 2.24) is 19.6 Å².